The highest BCUT2D eigenvalue weighted by atomic mass is 32.2. The second-order valence-corrected chi connectivity index (χ2v) is 11.2. The van der Waals surface area contributed by atoms with Crippen LogP contribution in [0.2, 0.25) is 0 Å². The number of nitrogens with one attached hydrogen (secondary N) is 2. The molecule has 0 aromatic heterocycles. The molecule has 0 radical (unpaired) electrons. The van der Waals surface area contributed by atoms with Crippen molar-refractivity contribution in [3.05, 3.63) is 0 Å². The molecule has 0 aliphatic carbocycles. The Balaban J connectivity index is 1.86. The van der Waals surface area contributed by atoms with Crippen LogP contribution in [0.1, 0.15) is 72.1 Å². The Bertz CT molecular complexity index is 690. The number of rotatable bonds is 13. The van der Waals surface area contributed by atoms with E-state index in [4.69, 9.17) is 5.11 Å². The maximum Gasteiger partial charge on any atom is 0.244 e. The fourth-order valence-corrected chi connectivity index (χ4v) is 8.40. The van der Waals surface area contributed by atoms with Crippen LogP contribution >= 0.6 is 11.8 Å². The van der Waals surface area contributed by atoms with Gasteiger partial charge in [0.05, 0.1) is 16.6 Å². The van der Waals surface area contributed by atoms with Crippen molar-refractivity contribution in [2.24, 2.45) is 17.8 Å². The molecule has 3 heterocycles. The van der Waals surface area contributed by atoms with Crippen LogP contribution in [0.4, 0.5) is 0 Å². The number of amides is 3. The van der Waals surface area contributed by atoms with Gasteiger partial charge >= 0.3 is 0 Å². The van der Waals surface area contributed by atoms with Crippen molar-refractivity contribution in [1.29, 1.82) is 0 Å². The summed E-state index contributed by atoms with van der Waals surface area (Å²) in [6, 6.07) is -0.523. The van der Waals surface area contributed by atoms with E-state index >= 15 is 0 Å². The number of nitrogens with zero attached hydrogens (tertiary/aromatic N) is 1. The molecule has 3 aliphatic heterocycles. The smallest absolute Gasteiger partial charge is 0.244 e. The van der Waals surface area contributed by atoms with E-state index in [2.05, 4.69) is 24.5 Å². The first-order valence-corrected chi connectivity index (χ1v) is 13.5. The molecule has 8 heteroatoms. The van der Waals surface area contributed by atoms with Crippen LogP contribution in [0.25, 0.3) is 0 Å². The van der Waals surface area contributed by atoms with Gasteiger partial charge in [-0.25, -0.2) is 0 Å². The van der Waals surface area contributed by atoms with Gasteiger partial charge in [0, 0.05) is 31.5 Å². The topological polar surface area (TPSA) is 98.7 Å². The summed E-state index contributed by atoms with van der Waals surface area (Å²) >= 11 is 1.73. The van der Waals surface area contributed by atoms with Crippen LogP contribution in [0.15, 0.2) is 0 Å². The molecule has 0 aromatic rings. The van der Waals surface area contributed by atoms with E-state index in [1.807, 2.05) is 6.92 Å². The highest BCUT2D eigenvalue weighted by Gasteiger charge is 2.75. The number of likely N-dealkylation sites (tertiary alicyclic amines) is 1. The van der Waals surface area contributed by atoms with Crippen molar-refractivity contribution in [2.45, 2.75) is 88.2 Å². The lowest BCUT2D eigenvalue weighted by Crippen LogP contribution is -2.56. The molecule has 3 rings (SSSR count). The number of aliphatic hydroxyl groups is 1. The van der Waals surface area contributed by atoms with E-state index in [9.17, 15) is 14.4 Å². The van der Waals surface area contributed by atoms with Gasteiger partial charge in [0.1, 0.15) is 6.04 Å². The summed E-state index contributed by atoms with van der Waals surface area (Å²) in [6.07, 6.45) is 7.08. The molecule has 182 valence electrons. The first-order valence-electron chi connectivity index (χ1n) is 12.6. The van der Waals surface area contributed by atoms with Gasteiger partial charge in [0.25, 0.3) is 0 Å². The maximum atomic E-state index is 13.8. The second-order valence-electron chi connectivity index (χ2n) is 9.66. The third kappa shape index (κ3) is 4.54. The van der Waals surface area contributed by atoms with Gasteiger partial charge in [0.2, 0.25) is 17.7 Å². The standard InChI is InChI=1S/C24H41N3O4S/c1-4-6-8-12-26-22(30)20-24-16(3)15-17(32-24)18(21(29)25-11-5-2)19(24)23(31)27(20)13-9-7-10-14-28/h16-20,28H,4-15H2,1-3H3,(H,25,29)(H,26,30)/t16?,17-,18+,19-,20?,24?/m0/s1. The molecule has 6 atom stereocenters. The number of unbranched alkanes of at least 4 members (excludes halogenated alkanes) is 4. The third-order valence-corrected chi connectivity index (χ3v) is 9.56. The van der Waals surface area contributed by atoms with Crippen molar-refractivity contribution in [2.75, 3.05) is 26.2 Å². The maximum absolute atomic E-state index is 13.8. The van der Waals surface area contributed by atoms with E-state index in [-0.39, 0.29) is 41.4 Å². The van der Waals surface area contributed by atoms with Gasteiger partial charge in [-0.05, 0) is 44.4 Å². The van der Waals surface area contributed by atoms with Crippen molar-refractivity contribution < 1.29 is 19.5 Å². The monoisotopic (exact) mass is 467 g/mol. The normalized spacial score (nSPS) is 32.9. The largest absolute Gasteiger partial charge is 0.396 e. The Morgan fingerprint density at radius 2 is 1.81 bits per heavy atom. The lowest BCUT2D eigenvalue weighted by Gasteiger charge is -2.38. The summed E-state index contributed by atoms with van der Waals surface area (Å²) in [5.41, 5.74) is 0. The van der Waals surface area contributed by atoms with Crippen LogP contribution in [-0.2, 0) is 14.4 Å². The molecule has 1 spiro atoms. The zero-order chi connectivity index (χ0) is 23.3. The SMILES string of the molecule is CCCCCNC(=O)C1N(CCCCCO)C(=O)[C@@H]2[C@H](C(=O)NCCC)[C@@H]3CC(C)C12S3. The Morgan fingerprint density at radius 1 is 1.06 bits per heavy atom. The summed E-state index contributed by atoms with van der Waals surface area (Å²) in [7, 11) is 0. The van der Waals surface area contributed by atoms with Crippen LogP contribution < -0.4 is 10.6 Å². The fraction of sp³-hybridized carbons (Fsp3) is 0.875. The average molecular weight is 468 g/mol. The van der Waals surface area contributed by atoms with Gasteiger partial charge in [-0.15, -0.1) is 11.8 Å². The van der Waals surface area contributed by atoms with Crippen molar-refractivity contribution >= 4 is 29.5 Å². The number of hydrogen-bond donors (Lipinski definition) is 3. The molecule has 3 aliphatic rings. The number of carbonyl (C=O) groups is 3. The first-order chi connectivity index (χ1) is 15.4. The number of carbonyl (C=O) groups excluding carboxylic acids is 3. The minimum absolute atomic E-state index is 0.0269. The van der Waals surface area contributed by atoms with Gasteiger partial charge in [-0.3, -0.25) is 14.4 Å². The number of aliphatic hydroxyl groups excluding tert-OH is 1. The Kier molecular flexibility index (Phi) is 8.90. The number of fused-ring (bicyclic) bond motifs is 1. The van der Waals surface area contributed by atoms with Gasteiger partial charge in [0.15, 0.2) is 0 Å². The van der Waals surface area contributed by atoms with E-state index in [0.717, 1.165) is 44.9 Å². The van der Waals surface area contributed by atoms with Crippen LogP contribution in [0.3, 0.4) is 0 Å². The molecule has 32 heavy (non-hydrogen) atoms. The second kappa shape index (κ2) is 11.2. The number of thioether (sulfide) groups is 1. The van der Waals surface area contributed by atoms with Crippen LogP contribution in [0, 0.1) is 17.8 Å². The predicted molar refractivity (Wildman–Crippen MR) is 127 cm³/mol. The van der Waals surface area contributed by atoms with Gasteiger partial charge in [-0.1, -0.05) is 33.6 Å². The van der Waals surface area contributed by atoms with E-state index in [1.54, 1.807) is 16.7 Å². The molecule has 3 amide bonds. The third-order valence-electron chi connectivity index (χ3n) is 7.48. The average Bonchev–Trinajstić information content (AvgIpc) is 3.36. The summed E-state index contributed by atoms with van der Waals surface area (Å²) in [4.78, 5) is 42.1. The fourth-order valence-electron chi connectivity index (χ4n) is 5.98. The van der Waals surface area contributed by atoms with E-state index < -0.39 is 16.7 Å². The molecular weight excluding hydrogens is 426 g/mol. The highest BCUT2D eigenvalue weighted by Crippen LogP contribution is 2.68. The van der Waals surface area contributed by atoms with E-state index in [0.29, 0.717) is 26.1 Å². The molecule has 0 saturated carbocycles. The molecule has 7 nitrogen and oxygen atoms in total. The molecule has 3 N–H and O–H groups in total. The Morgan fingerprint density at radius 3 is 2.50 bits per heavy atom. The first kappa shape index (κ1) is 25.3. The summed E-state index contributed by atoms with van der Waals surface area (Å²) in [5, 5.41) is 15.3. The lowest BCUT2D eigenvalue weighted by molar-refractivity contribution is -0.140. The minimum Gasteiger partial charge on any atom is -0.396 e. The molecular formula is C24H41N3O4S. The highest BCUT2D eigenvalue weighted by molar-refractivity contribution is 8.02. The molecule has 3 fully saturated rings. The number of hydrogen-bond acceptors (Lipinski definition) is 5. The molecule has 0 aromatic carbocycles. The van der Waals surface area contributed by atoms with Gasteiger partial charge < -0.3 is 20.6 Å². The summed E-state index contributed by atoms with van der Waals surface area (Å²) < 4.78 is -0.526. The van der Waals surface area contributed by atoms with Crippen molar-refractivity contribution in [3.8, 4) is 0 Å². The predicted octanol–water partition coefficient (Wildman–Crippen LogP) is 2.32. The summed E-state index contributed by atoms with van der Waals surface area (Å²) in [5.74, 6) is -0.693. The zero-order valence-corrected chi connectivity index (χ0v) is 20.7. The van der Waals surface area contributed by atoms with Gasteiger partial charge in [-0.2, -0.15) is 0 Å². The van der Waals surface area contributed by atoms with Crippen LogP contribution in [0.5, 0.6) is 0 Å². The van der Waals surface area contributed by atoms with Crippen LogP contribution in [-0.4, -0.2) is 70.0 Å². The molecule has 3 saturated heterocycles. The summed E-state index contributed by atoms with van der Waals surface area (Å²) in [6.45, 7) is 8.19. The van der Waals surface area contributed by atoms with E-state index in [1.165, 1.54) is 0 Å². The molecule has 2 bridgehead atoms. The Hall–Kier alpha value is -1.28. The molecule has 3 unspecified atom stereocenters. The van der Waals surface area contributed by atoms with Crippen molar-refractivity contribution in [1.82, 2.24) is 15.5 Å². The lowest BCUT2D eigenvalue weighted by atomic mass is 9.66. The Labute approximate surface area is 196 Å². The minimum atomic E-state index is -0.526. The van der Waals surface area contributed by atoms with Crippen molar-refractivity contribution in [3.63, 3.8) is 0 Å². The quantitative estimate of drug-likeness (QED) is 0.361. The zero-order valence-electron chi connectivity index (χ0n) is 19.9.